The second kappa shape index (κ2) is 11.5. The van der Waals surface area contributed by atoms with E-state index in [2.05, 4.69) is 10.6 Å². The molecule has 0 aromatic heterocycles. The van der Waals surface area contributed by atoms with Crippen LogP contribution in [0.2, 0.25) is 5.02 Å². The normalized spacial score (nSPS) is 18.4. The molecule has 2 heterocycles. The minimum Gasteiger partial charge on any atom is -0.344 e. The Morgan fingerprint density at radius 3 is 2.34 bits per heavy atom. The lowest BCUT2D eigenvalue weighted by Gasteiger charge is -2.38. The third-order valence-electron chi connectivity index (χ3n) is 6.22. The topological polar surface area (TPSA) is 81.8 Å². The lowest BCUT2D eigenvalue weighted by Crippen LogP contribution is -2.55. The van der Waals surface area contributed by atoms with Crippen molar-refractivity contribution in [3.63, 3.8) is 0 Å². The van der Waals surface area contributed by atoms with Gasteiger partial charge in [0, 0.05) is 43.3 Å². The van der Waals surface area contributed by atoms with Gasteiger partial charge >= 0.3 is 6.03 Å². The molecule has 2 aliphatic rings. The van der Waals surface area contributed by atoms with Gasteiger partial charge in [-0.2, -0.15) is 0 Å². The maximum atomic E-state index is 13.3. The molecule has 0 radical (unpaired) electrons. The standard InChI is InChI=1S/C24H35ClN4O3/c1-17(2)15-21(30)27-22(23(31)28-11-4-3-5-12-28)18-9-13-29(14-10-18)24(32)26-20-8-6-7-19(25)16-20/h6-8,16-18,22H,3-5,9-15H2,1-2H3,(H,26,32)(H,27,30)/t22-/m0/s1. The Kier molecular flexibility index (Phi) is 8.79. The molecule has 2 aliphatic heterocycles. The molecule has 1 aromatic carbocycles. The van der Waals surface area contributed by atoms with E-state index < -0.39 is 6.04 Å². The van der Waals surface area contributed by atoms with E-state index in [1.54, 1.807) is 29.2 Å². The van der Waals surface area contributed by atoms with Gasteiger partial charge in [-0.15, -0.1) is 0 Å². The van der Waals surface area contributed by atoms with Crippen molar-refractivity contribution in [1.82, 2.24) is 15.1 Å². The Hall–Kier alpha value is -2.28. The van der Waals surface area contributed by atoms with Crippen molar-refractivity contribution in [3.05, 3.63) is 29.3 Å². The van der Waals surface area contributed by atoms with Crippen molar-refractivity contribution in [2.45, 2.75) is 58.4 Å². The molecule has 0 unspecified atom stereocenters. The lowest BCUT2D eigenvalue weighted by atomic mass is 9.88. The Morgan fingerprint density at radius 1 is 1.03 bits per heavy atom. The van der Waals surface area contributed by atoms with Crippen LogP contribution in [0.3, 0.4) is 0 Å². The number of nitrogens with one attached hydrogen (secondary N) is 2. The van der Waals surface area contributed by atoms with Crippen LogP contribution >= 0.6 is 11.6 Å². The van der Waals surface area contributed by atoms with Crippen molar-refractivity contribution in [3.8, 4) is 0 Å². The third-order valence-corrected chi connectivity index (χ3v) is 6.45. The summed E-state index contributed by atoms with van der Waals surface area (Å²) in [6.07, 6.45) is 4.93. The van der Waals surface area contributed by atoms with E-state index in [0.717, 1.165) is 32.4 Å². The molecule has 7 nitrogen and oxygen atoms in total. The molecular weight excluding hydrogens is 428 g/mol. The quantitative estimate of drug-likeness (QED) is 0.666. The number of rotatable bonds is 6. The Balaban J connectivity index is 1.61. The molecule has 8 heteroatoms. The summed E-state index contributed by atoms with van der Waals surface area (Å²) in [5.41, 5.74) is 0.656. The predicted molar refractivity (Wildman–Crippen MR) is 127 cm³/mol. The number of carbonyl (C=O) groups excluding carboxylic acids is 3. The maximum Gasteiger partial charge on any atom is 0.321 e. The summed E-state index contributed by atoms with van der Waals surface area (Å²) < 4.78 is 0. The summed E-state index contributed by atoms with van der Waals surface area (Å²) >= 11 is 6.00. The number of piperidine rings is 2. The highest BCUT2D eigenvalue weighted by molar-refractivity contribution is 6.30. The highest BCUT2D eigenvalue weighted by atomic mass is 35.5. The molecule has 4 amide bonds. The summed E-state index contributed by atoms with van der Waals surface area (Å²) in [5, 5.41) is 6.49. The molecule has 32 heavy (non-hydrogen) atoms. The molecule has 0 saturated carbocycles. The SMILES string of the molecule is CC(C)CC(=O)N[C@H](C(=O)N1CCCCC1)C1CCN(C(=O)Nc2cccc(Cl)c2)CC1. The van der Waals surface area contributed by atoms with Crippen LogP contribution in [0.1, 0.15) is 52.4 Å². The van der Waals surface area contributed by atoms with E-state index >= 15 is 0 Å². The number of hydrogen-bond donors (Lipinski definition) is 2. The van der Waals surface area contributed by atoms with Crippen LogP contribution in [0.15, 0.2) is 24.3 Å². The van der Waals surface area contributed by atoms with Crippen LogP contribution in [0, 0.1) is 11.8 Å². The summed E-state index contributed by atoms with van der Waals surface area (Å²) in [6.45, 7) is 6.60. The molecule has 0 aliphatic carbocycles. The van der Waals surface area contributed by atoms with E-state index in [0.29, 0.717) is 43.1 Å². The van der Waals surface area contributed by atoms with Gasteiger partial charge in [0.1, 0.15) is 6.04 Å². The average molecular weight is 463 g/mol. The fourth-order valence-corrected chi connectivity index (χ4v) is 4.69. The van der Waals surface area contributed by atoms with Crippen molar-refractivity contribution in [1.29, 1.82) is 0 Å². The van der Waals surface area contributed by atoms with Crippen molar-refractivity contribution in [2.24, 2.45) is 11.8 Å². The number of amides is 4. The number of anilines is 1. The zero-order chi connectivity index (χ0) is 23.1. The van der Waals surface area contributed by atoms with Crippen LogP contribution in [-0.2, 0) is 9.59 Å². The first-order chi connectivity index (χ1) is 15.3. The van der Waals surface area contributed by atoms with Crippen LogP contribution in [0.4, 0.5) is 10.5 Å². The van der Waals surface area contributed by atoms with Gasteiger partial charge in [0.25, 0.3) is 0 Å². The van der Waals surface area contributed by atoms with Gasteiger partial charge in [0.05, 0.1) is 0 Å². The zero-order valence-electron chi connectivity index (χ0n) is 19.1. The van der Waals surface area contributed by atoms with Gasteiger partial charge < -0.3 is 20.4 Å². The minimum absolute atomic E-state index is 0.0239. The highest BCUT2D eigenvalue weighted by Gasteiger charge is 2.36. The van der Waals surface area contributed by atoms with Crippen molar-refractivity contribution < 1.29 is 14.4 Å². The van der Waals surface area contributed by atoms with E-state index in [1.807, 2.05) is 18.7 Å². The van der Waals surface area contributed by atoms with Gasteiger partial charge in [-0.3, -0.25) is 9.59 Å². The average Bonchev–Trinajstić information content (AvgIpc) is 2.77. The smallest absolute Gasteiger partial charge is 0.321 e. The summed E-state index contributed by atoms with van der Waals surface area (Å²) in [5.74, 6) is 0.216. The minimum atomic E-state index is -0.516. The summed E-state index contributed by atoms with van der Waals surface area (Å²) in [6, 6.07) is 6.38. The maximum absolute atomic E-state index is 13.3. The van der Waals surface area contributed by atoms with Gasteiger partial charge in [-0.25, -0.2) is 4.79 Å². The van der Waals surface area contributed by atoms with E-state index in [1.165, 1.54) is 0 Å². The van der Waals surface area contributed by atoms with Crippen LogP contribution in [-0.4, -0.2) is 59.9 Å². The number of likely N-dealkylation sites (tertiary alicyclic amines) is 2. The number of halogens is 1. The van der Waals surface area contributed by atoms with E-state index in [9.17, 15) is 14.4 Å². The fourth-order valence-electron chi connectivity index (χ4n) is 4.50. The second-order valence-electron chi connectivity index (χ2n) is 9.29. The van der Waals surface area contributed by atoms with Crippen LogP contribution < -0.4 is 10.6 Å². The summed E-state index contributed by atoms with van der Waals surface area (Å²) in [4.78, 5) is 42.2. The number of carbonyl (C=O) groups is 3. The Morgan fingerprint density at radius 2 is 1.72 bits per heavy atom. The largest absolute Gasteiger partial charge is 0.344 e. The zero-order valence-corrected chi connectivity index (χ0v) is 19.9. The van der Waals surface area contributed by atoms with E-state index in [4.69, 9.17) is 11.6 Å². The molecule has 3 rings (SSSR count). The molecule has 1 atom stereocenters. The molecule has 0 spiro atoms. The fraction of sp³-hybridized carbons (Fsp3) is 0.625. The number of urea groups is 1. The Labute approximate surface area is 195 Å². The first-order valence-electron chi connectivity index (χ1n) is 11.7. The van der Waals surface area contributed by atoms with Gasteiger partial charge in [-0.1, -0.05) is 31.5 Å². The summed E-state index contributed by atoms with van der Waals surface area (Å²) in [7, 11) is 0. The number of hydrogen-bond acceptors (Lipinski definition) is 3. The molecule has 0 bridgehead atoms. The monoisotopic (exact) mass is 462 g/mol. The van der Waals surface area contributed by atoms with Gasteiger partial charge in [-0.05, 0) is 62.1 Å². The lowest BCUT2D eigenvalue weighted by molar-refractivity contribution is -0.139. The molecule has 1 aromatic rings. The number of nitrogens with zero attached hydrogens (tertiary/aromatic N) is 2. The van der Waals surface area contributed by atoms with Gasteiger partial charge in [0.15, 0.2) is 0 Å². The van der Waals surface area contributed by atoms with Crippen LogP contribution in [0.5, 0.6) is 0 Å². The Bertz CT molecular complexity index is 802. The highest BCUT2D eigenvalue weighted by Crippen LogP contribution is 2.25. The van der Waals surface area contributed by atoms with Crippen molar-refractivity contribution >= 4 is 35.1 Å². The van der Waals surface area contributed by atoms with Gasteiger partial charge in [0.2, 0.25) is 11.8 Å². The predicted octanol–water partition coefficient (Wildman–Crippen LogP) is 4.13. The van der Waals surface area contributed by atoms with Crippen molar-refractivity contribution in [2.75, 3.05) is 31.5 Å². The van der Waals surface area contributed by atoms with E-state index in [-0.39, 0.29) is 29.7 Å². The van der Waals surface area contributed by atoms with Crippen LogP contribution in [0.25, 0.3) is 0 Å². The first-order valence-corrected chi connectivity index (χ1v) is 12.1. The molecule has 2 saturated heterocycles. The molecule has 2 N–H and O–H groups in total. The molecular formula is C24H35ClN4O3. The number of benzene rings is 1. The second-order valence-corrected chi connectivity index (χ2v) is 9.73. The molecule has 2 fully saturated rings. The third kappa shape index (κ3) is 6.86. The molecule has 176 valence electrons. The first kappa shape index (κ1) is 24.4.